The molecule has 2 N–H and O–H groups in total. The van der Waals surface area contributed by atoms with Gasteiger partial charge in [0.15, 0.2) is 6.29 Å². The molecule has 7 heteroatoms. The number of aliphatic hydroxyl groups is 1. The van der Waals surface area contributed by atoms with Crippen LogP contribution in [0.5, 0.6) is 0 Å². The fourth-order valence-electron chi connectivity index (χ4n) is 3.83. The van der Waals surface area contributed by atoms with Gasteiger partial charge in [-0.05, 0) is 31.3 Å². The summed E-state index contributed by atoms with van der Waals surface area (Å²) in [5, 5.41) is 14.5. The van der Waals surface area contributed by atoms with Gasteiger partial charge >= 0.3 is 0 Å². The molecule has 0 aromatic carbocycles. The van der Waals surface area contributed by atoms with Crippen LogP contribution in [0.2, 0.25) is 0 Å². The summed E-state index contributed by atoms with van der Waals surface area (Å²) in [4.78, 5) is 10.8. The van der Waals surface area contributed by atoms with Crippen molar-refractivity contribution < 1.29 is 14.6 Å². The molecule has 2 aliphatic heterocycles. The summed E-state index contributed by atoms with van der Waals surface area (Å²) in [6.45, 7) is 1.84. The molecule has 4 heterocycles. The third-order valence-corrected chi connectivity index (χ3v) is 5.33. The Morgan fingerprint density at radius 3 is 2.59 bits per heavy atom. The number of hydrogen-bond donors (Lipinski definition) is 2. The predicted octanol–water partition coefficient (Wildman–Crippen LogP) is 0.594. The van der Waals surface area contributed by atoms with Crippen LogP contribution in [0.3, 0.4) is 0 Å². The number of nitrogens with zero attached hydrogens (tertiary/aromatic N) is 3. The van der Waals surface area contributed by atoms with Crippen molar-refractivity contribution in [3.63, 3.8) is 0 Å². The van der Waals surface area contributed by atoms with Crippen molar-refractivity contribution in [2.75, 3.05) is 20.2 Å². The van der Waals surface area contributed by atoms with E-state index in [0.717, 1.165) is 24.4 Å². The summed E-state index contributed by atoms with van der Waals surface area (Å²) in [7, 11) is 2.00. The lowest BCUT2D eigenvalue weighted by atomic mass is 9.94. The molecule has 2 bridgehead atoms. The highest BCUT2D eigenvalue weighted by molar-refractivity contribution is 5.07. The van der Waals surface area contributed by atoms with Crippen LogP contribution < -0.4 is 5.32 Å². The molecule has 0 radical (unpaired) electrons. The summed E-state index contributed by atoms with van der Waals surface area (Å²) in [5.41, 5.74) is 1.97. The monoisotopic (exact) mass is 370 g/mol. The van der Waals surface area contributed by atoms with E-state index in [2.05, 4.69) is 20.2 Å². The number of aliphatic hydroxyl groups excluding tert-OH is 1. The standard InChI is InChI=1S/C20H26N4O3/c1-24(11-8-14-6-2-4-9-21-14)18-19(25)17(16-13-26-20(18)27-16)23-12-15-7-3-5-10-22-15/h2-7,9-10,16-20,23,25H,8,11-13H2,1H3. The Balaban J connectivity index is 1.39. The number of pyridine rings is 2. The van der Waals surface area contributed by atoms with Crippen LogP contribution >= 0.6 is 0 Å². The number of nitrogens with one attached hydrogen (secondary N) is 1. The third kappa shape index (κ3) is 4.17. The zero-order valence-electron chi connectivity index (χ0n) is 15.4. The smallest absolute Gasteiger partial charge is 0.176 e. The molecule has 5 unspecified atom stereocenters. The molecule has 2 fully saturated rings. The van der Waals surface area contributed by atoms with Crippen LogP contribution in [0.15, 0.2) is 48.8 Å². The van der Waals surface area contributed by atoms with Gasteiger partial charge in [0.25, 0.3) is 0 Å². The highest BCUT2D eigenvalue weighted by atomic mass is 16.7. The Labute approximate surface area is 159 Å². The van der Waals surface area contributed by atoms with E-state index in [-0.39, 0.29) is 18.2 Å². The summed E-state index contributed by atoms with van der Waals surface area (Å²) >= 11 is 0. The average Bonchev–Trinajstić information content (AvgIpc) is 3.13. The molecular formula is C20H26N4O3. The van der Waals surface area contributed by atoms with Crippen LogP contribution in [-0.2, 0) is 22.4 Å². The Morgan fingerprint density at radius 2 is 1.89 bits per heavy atom. The lowest BCUT2D eigenvalue weighted by molar-refractivity contribution is -0.178. The lowest BCUT2D eigenvalue weighted by Crippen LogP contribution is -2.63. The molecule has 0 spiro atoms. The number of fused-ring (bicyclic) bond motifs is 2. The van der Waals surface area contributed by atoms with Crippen LogP contribution in [0.1, 0.15) is 11.4 Å². The minimum Gasteiger partial charge on any atom is -0.390 e. The van der Waals surface area contributed by atoms with Crippen LogP contribution in [0, 0.1) is 0 Å². The first-order valence-corrected chi connectivity index (χ1v) is 9.41. The molecule has 7 nitrogen and oxygen atoms in total. The third-order valence-electron chi connectivity index (χ3n) is 5.33. The number of rotatable bonds is 7. The average molecular weight is 370 g/mol. The van der Waals surface area contributed by atoms with Gasteiger partial charge in [0, 0.05) is 37.6 Å². The molecule has 2 aromatic heterocycles. The lowest BCUT2D eigenvalue weighted by Gasteiger charge is -2.42. The summed E-state index contributed by atoms with van der Waals surface area (Å²) in [6, 6.07) is 11.3. The summed E-state index contributed by atoms with van der Waals surface area (Å²) in [5.74, 6) is 0. The Kier molecular flexibility index (Phi) is 5.75. The van der Waals surface area contributed by atoms with Crippen molar-refractivity contribution in [2.24, 2.45) is 0 Å². The molecule has 0 saturated carbocycles. The van der Waals surface area contributed by atoms with Crippen LogP contribution in [-0.4, -0.2) is 70.8 Å². The first kappa shape index (κ1) is 18.5. The van der Waals surface area contributed by atoms with E-state index in [9.17, 15) is 5.11 Å². The van der Waals surface area contributed by atoms with Gasteiger partial charge in [0.05, 0.1) is 30.5 Å². The first-order chi connectivity index (χ1) is 13.2. The number of ether oxygens (including phenoxy) is 2. The second-order valence-electron chi connectivity index (χ2n) is 7.14. The van der Waals surface area contributed by atoms with Crippen molar-refractivity contribution >= 4 is 0 Å². The Hall–Kier alpha value is -1.90. The van der Waals surface area contributed by atoms with E-state index in [1.54, 1.807) is 12.4 Å². The van der Waals surface area contributed by atoms with Crippen molar-refractivity contribution in [2.45, 2.75) is 43.5 Å². The molecule has 2 aromatic rings. The number of aromatic nitrogens is 2. The molecule has 2 aliphatic rings. The minimum absolute atomic E-state index is 0.144. The highest BCUT2D eigenvalue weighted by Gasteiger charge is 2.51. The molecule has 144 valence electrons. The van der Waals surface area contributed by atoms with Crippen LogP contribution in [0.25, 0.3) is 0 Å². The predicted molar refractivity (Wildman–Crippen MR) is 99.8 cm³/mol. The summed E-state index contributed by atoms with van der Waals surface area (Å²) in [6.07, 6.45) is 3.25. The second-order valence-corrected chi connectivity index (χ2v) is 7.14. The zero-order valence-corrected chi connectivity index (χ0v) is 15.4. The normalized spacial score (nSPS) is 30.0. The number of likely N-dealkylation sites (N-methyl/N-ethyl adjacent to an activating group) is 1. The zero-order chi connectivity index (χ0) is 18.6. The largest absolute Gasteiger partial charge is 0.390 e. The maximum Gasteiger partial charge on any atom is 0.176 e. The Morgan fingerprint density at radius 1 is 1.15 bits per heavy atom. The van der Waals surface area contributed by atoms with Gasteiger partial charge in [-0.3, -0.25) is 14.9 Å². The molecular weight excluding hydrogens is 344 g/mol. The maximum atomic E-state index is 11.1. The van der Waals surface area contributed by atoms with E-state index < -0.39 is 12.4 Å². The van der Waals surface area contributed by atoms with Gasteiger partial charge in [-0.2, -0.15) is 0 Å². The van der Waals surface area contributed by atoms with E-state index in [1.807, 2.05) is 43.4 Å². The first-order valence-electron chi connectivity index (χ1n) is 9.41. The van der Waals surface area contributed by atoms with Crippen molar-refractivity contribution in [3.05, 3.63) is 60.2 Å². The van der Waals surface area contributed by atoms with E-state index >= 15 is 0 Å². The fourth-order valence-corrected chi connectivity index (χ4v) is 3.83. The van der Waals surface area contributed by atoms with Crippen LogP contribution in [0.4, 0.5) is 0 Å². The molecule has 2 saturated heterocycles. The quantitative estimate of drug-likeness (QED) is 0.739. The van der Waals surface area contributed by atoms with Crippen molar-refractivity contribution in [1.82, 2.24) is 20.2 Å². The van der Waals surface area contributed by atoms with Crippen molar-refractivity contribution in [1.29, 1.82) is 0 Å². The van der Waals surface area contributed by atoms with Gasteiger partial charge < -0.3 is 19.9 Å². The highest BCUT2D eigenvalue weighted by Crippen LogP contribution is 2.31. The summed E-state index contributed by atoms with van der Waals surface area (Å²) < 4.78 is 11.9. The van der Waals surface area contributed by atoms with Gasteiger partial charge in [0.1, 0.15) is 6.10 Å². The van der Waals surface area contributed by atoms with Gasteiger partial charge in [0.2, 0.25) is 0 Å². The maximum absolute atomic E-state index is 11.1. The van der Waals surface area contributed by atoms with Gasteiger partial charge in [-0.1, -0.05) is 12.1 Å². The second kappa shape index (κ2) is 8.41. The van der Waals surface area contributed by atoms with E-state index in [0.29, 0.717) is 13.2 Å². The van der Waals surface area contributed by atoms with E-state index in [1.165, 1.54) is 0 Å². The molecule has 0 amide bonds. The van der Waals surface area contributed by atoms with Gasteiger partial charge in [-0.15, -0.1) is 0 Å². The number of hydrogen-bond acceptors (Lipinski definition) is 7. The van der Waals surface area contributed by atoms with Crippen molar-refractivity contribution in [3.8, 4) is 0 Å². The molecule has 5 atom stereocenters. The molecule has 27 heavy (non-hydrogen) atoms. The van der Waals surface area contributed by atoms with E-state index in [4.69, 9.17) is 9.47 Å². The Bertz CT molecular complexity index is 718. The molecule has 0 aliphatic carbocycles. The SMILES string of the molecule is CN(CCc1ccccn1)C1C2OCC(O2)C(NCc2ccccn2)C1O. The van der Waals surface area contributed by atoms with Gasteiger partial charge in [-0.25, -0.2) is 0 Å². The fraction of sp³-hybridized carbons (Fsp3) is 0.500. The molecule has 4 rings (SSSR count). The topological polar surface area (TPSA) is 79.7 Å². The minimum atomic E-state index is -0.589.